The smallest absolute Gasteiger partial charge is 0.419 e. The summed E-state index contributed by atoms with van der Waals surface area (Å²) in [6, 6.07) is 0.110. The first-order valence-corrected chi connectivity index (χ1v) is 5.39. The minimum Gasteiger partial charge on any atom is -0.464 e. The Hall–Kier alpha value is -1.07. The van der Waals surface area contributed by atoms with E-state index in [1.807, 2.05) is 6.08 Å². The molecule has 1 rings (SSSR count). The lowest BCUT2D eigenvalue weighted by Crippen LogP contribution is -2.55. The van der Waals surface area contributed by atoms with Gasteiger partial charge in [0.2, 0.25) is 0 Å². The van der Waals surface area contributed by atoms with Crippen molar-refractivity contribution in [2.24, 2.45) is 5.41 Å². The lowest BCUT2D eigenvalue weighted by atomic mass is 9.82. The number of hydrazine groups is 1. The van der Waals surface area contributed by atoms with E-state index in [1.54, 1.807) is 5.01 Å². The molecule has 1 heterocycles. The second-order valence-electron chi connectivity index (χ2n) is 5.18. The Morgan fingerprint density at radius 2 is 2.25 bits per heavy atom. The molecule has 0 aliphatic carbocycles. The van der Waals surface area contributed by atoms with Crippen molar-refractivity contribution in [3.05, 3.63) is 11.6 Å². The van der Waals surface area contributed by atoms with Gasteiger partial charge in [0.05, 0.1) is 6.61 Å². The normalized spacial score (nSPS) is 22.8. The average molecular weight is 228 g/mol. The van der Waals surface area contributed by atoms with E-state index in [1.165, 1.54) is 0 Å². The second-order valence-corrected chi connectivity index (χ2v) is 5.18. The van der Waals surface area contributed by atoms with Crippen LogP contribution in [0.2, 0.25) is 0 Å². The van der Waals surface area contributed by atoms with Gasteiger partial charge in [-0.2, -0.15) is 0 Å². The summed E-state index contributed by atoms with van der Waals surface area (Å²) in [6.45, 7) is 6.66. The van der Waals surface area contributed by atoms with Crippen LogP contribution >= 0.6 is 0 Å². The van der Waals surface area contributed by atoms with E-state index in [0.29, 0.717) is 6.54 Å². The van der Waals surface area contributed by atoms with Crippen LogP contribution in [0.3, 0.4) is 0 Å². The fraction of sp³-hybridized carbons (Fsp3) is 0.727. The zero-order valence-electron chi connectivity index (χ0n) is 10.0. The Morgan fingerprint density at radius 1 is 1.62 bits per heavy atom. The molecule has 16 heavy (non-hydrogen) atoms. The number of hydrogen-bond acceptors (Lipinski definition) is 3. The van der Waals surface area contributed by atoms with Crippen LogP contribution in [0, 0.1) is 5.41 Å². The van der Waals surface area contributed by atoms with E-state index in [4.69, 9.17) is 10.2 Å². The molecule has 0 saturated heterocycles. The number of carboxylic acid groups (broad SMARTS) is 1. The molecule has 1 aliphatic heterocycles. The zero-order valence-corrected chi connectivity index (χ0v) is 10.0. The fourth-order valence-corrected chi connectivity index (χ4v) is 1.97. The lowest BCUT2D eigenvalue weighted by Gasteiger charge is -2.41. The molecule has 92 valence electrons. The predicted octanol–water partition coefficient (Wildman–Crippen LogP) is 1.21. The minimum atomic E-state index is -1.06. The second kappa shape index (κ2) is 4.84. The maximum absolute atomic E-state index is 10.7. The van der Waals surface area contributed by atoms with Gasteiger partial charge in [0.15, 0.2) is 0 Å². The highest BCUT2D eigenvalue weighted by atomic mass is 16.4. The Kier molecular flexibility index (Phi) is 3.93. The van der Waals surface area contributed by atoms with E-state index in [2.05, 4.69) is 26.2 Å². The van der Waals surface area contributed by atoms with Crippen molar-refractivity contribution in [3.8, 4) is 0 Å². The maximum atomic E-state index is 10.7. The van der Waals surface area contributed by atoms with E-state index in [9.17, 15) is 4.79 Å². The van der Waals surface area contributed by atoms with Crippen LogP contribution in [0.4, 0.5) is 4.79 Å². The Labute approximate surface area is 95.7 Å². The molecule has 5 nitrogen and oxygen atoms in total. The summed E-state index contributed by atoms with van der Waals surface area (Å²) in [5.74, 6) is 0. The van der Waals surface area contributed by atoms with Crippen molar-refractivity contribution in [2.75, 3.05) is 13.2 Å². The predicted molar refractivity (Wildman–Crippen MR) is 60.9 cm³/mol. The molecule has 1 atom stereocenters. The number of nitrogens with zero attached hydrogens (tertiary/aromatic N) is 1. The molecule has 0 aromatic heterocycles. The van der Waals surface area contributed by atoms with Crippen LogP contribution in [-0.4, -0.2) is 40.5 Å². The number of nitrogens with one attached hydrogen (secondary N) is 1. The lowest BCUT2D eigenvalue weighted by molar-refractivity contribution is 0.0500. The summed E-state index contributed by atoms with van der Waals surface area (Å²) < 4.78 is 0. The molecule has 3 N–H and O–H groups in total. The third kappa shape index (κ3) is 3.21. The summed E-state index contributed by atoms with van der Waals surface area (Å²) in [4.78, 5) is 10.7. The van der Waals surface area contributed by atoms with Crippen LogP contribution in [0.25, 0.3) is 0 Å². The molecule has 0 aromatic rings. The SMILES string of the molecule is CC(C)(C)C1CC=C(CO)CN1NC(=O)O. The molecular formula is C11H20N2O3. The third-order valence-electron chi connectivity index (χ3n) is 2.82. The van der Waals surface area contributed by atoms with Crippen molar-refractivity contribution < 1.29 is 15.0 Å². The topological polar surface area (TPSA) is 72.8 Å². The van der Waals surface area contributed by atoms with Gasteiger partial charge in [0.1, 0.15) is 0 Å². The highest BCUT2D eigenvalue weighted by molar-refractivity contribution is 5.63. The van der Waals surface area contributed by atoms with E-state index >= 15 is 0 Å². The number of rotatable bonds is 2. The zero-order chi connectivity index (χ0) is 12.3. The van der Waals surface area contributed by atoms with Gasteiger partial charge in [-0.3, -0.25) is 5.43 Å². The molecule has 1 aliphatic rings. The van der Waals surface area contributed by atoms with Gasteiger partial charge in [0.25, 0.3) is 0 Å². The van der Waals surface area contributed by atoms with Gasteiger partial charge in [-0.1, -0.05) is 26.8 Å². The van der Waals surface area contributed by atoms with Gasteiger partial charge in [0, 0.05) is 12.6 Å². The summed E-state index contributed by atoms with van der Waals surface area (Å²) in [6.07, 6.45) is 1.68. The summed E-state index contributed by atoms with van der Waals surface area (Å²) in [5, 5.41) is 19.5. The Morgan fingerprint density at radius 3 is 2.69 bits per heavy atom. The van der Waals surface area contributed by atoms with Gasteiger partial charge in [-0.25, -0.2) is 9.80 Å². The highest BCUT2D eigenvalue weighted by Gasteiger charge is 2.33. The fourth-order valence-electron chi connectivity index (χ4n) is 1.97. The number of aliphatic hydroxyl groups is 1. The summed E-state index contributed by atoms with van der Waals surface area (Å²) in [5.41, 5.74) is 3.24. The average Bonchev–Trinajstić information content (AvgIpc) is 2.14. The molecule has 0 spiro atoms. The van der Waals surface area contributed by atoms with Crippen molar-refractivity contribution in [1.29, 1.82) is 0 Å². The monoisotopic (exact) mass is 228 g/mol. The number of aliphatic hydroxyl groups excluding tert-OH is 1. The first kappa shape index (κ1) is 13.0. The summed E-state index contributed by atoms with van der Waals surface area (Å²) in [7, 11) is 0. The standard InChI is InChI=1S/C11H20N2O3/c1-11(2,3)9-5-4-8(7-14)6-13(9)12-10(15)16/h4,9,12,14H,5-7H2,1-3H3,(H,15,16). The quantitative estimate of drug-likeness (QED) is 0.621. The Balaban J connectivity index is 2.81. The van der Waals surface area contributed by atoms with Crippen molar-refractivity contribution in [2.45, 2.75) is 33.2 Å². The largest absolute Gasteiger partial charge is 0.464 e. The Bertz CT molecular complexity index is 294. The maximum Gasteiger partial charge on any atom is 0.419 e. The van der Waals surface area contributed by atoms with E-state index in [0.717, 1.165) is 12.0 Å². The number of hydrogen-bond donors (Lipinski definition) is 3. The molecule has 0 saturated carbocycles. The molecule has 0 fully saturated rings. The third-order valence-corrected chi connectivity index (χ3v) is 2.82. The number of amides is 1. The van der Waals surface area contributed by atoms with E-state index in [-0.39, 0.29) is 18.1 Å². The van der Waals surface area contributed by atoms with Gasteiger partial charge in [-0.05, 0) is 17.4 Å². The van der Waals surface area contributed by atoms with Crippen LogP contribution < -0.4 is 5.43 Å². The molecule has 0 radical (unpaired) electrons. The summed E-state index contributed by atoms with van der Waals surface area (Å²) >= 11 is 0. The van der Waals surface area contributed by atoms with Crippen molar-refractivity contribution >= 4 is 6.09 Å². The van der Waals surface area contributed by atoms with Crippen LogP contribution in [0.15, 0.2) is 11.6 Å². The number of carbonyl (C=O) groups is 1. The minimum absolute atomic E-state index is 0.0140. The van der Waals surface area contributed by atoms with Crippen molar-refractivity contribution in [1.82, 2.24) is 10.4 Å². The molecule has 1 amide bonds. The molecular weight excluding hydrogens is 208 g/mol. The van der Waals surface area contributed by atoms with Crippen LogP contribution in [0.5, 0.6) is 0 Å². The molecule has 0 aromatic carbocycles. The highest BCUT2D eigenvalue weighted by Crippen LogP contribution is 2.29. The molecule has 1 unspecified atom stereocenters. The van der Waals surface area contributed by atoms with Crippen LogP contribution in [-0.2, 0) is 0 Å². The van der Waals surface area contributed by atoms with E-state index < -0.39 is 6.09 Å². The first-order chi connectivity index (χ1) is 7.34. The molecule has 5 heteroatoms. The molecule has 0 bridgehead atoms. The van der Waals surface area contributed by atoms with Crippen LogP contribution in [0.1, 0.15) is 27.2 Å². The van der Waals surface area contributed by atoms with Crippen molar-refractivity contribution in [3.63, 3.8) is 0 Å². The van der Waals surface area contributed by atoms with Gasteiger partial charge < -0.3 is 10.2 Å². The first-order valence-electron chi connectivity index (χ1n) is 5.39. The van der Waals surface area contributed by atoms with Gasteiger partial charge >= 0.3 is 6.09 Å². The van der Waals surface area contributed by atoms with Gasteiger partial charge in [-0.15, -0.1) is 0 Å².